The molecule has 3 nitrogen and oxygen atoms in total. The molecule has 0 fully saturated rings. The Labute approximate surface area is 89.7 Å². The first kappa shape index (κ1) is 11.3. The summed E-state index contributed by atoms with van der Waals surface area (Å²) in [6, 6.07) is 7.30. The standard InChI is InChI=1S/C12H14N2O/c1-8(2)12(15)14-11-6-10(7-13)5-4-9(11)3/h4-6,8H,1-3H3,(H,14,15). The summed E-state index contributed by atoms with van der Waals surface area (Å²) in [5.41, 5.74) is 2.23. The lowest BCUT2D eigenvalue weighted by Crippen LogP contribution is -2.18. The highest BCUT2D eigenvalue weighted by Crippen LogP contribution is 2.17. The fraction of sp³-hybridized carbons (Fsp3) is 0.333. The van der Waals surface area contributed by atoms with Crippen molar-refractivity contribution in [2.24, 2.45) is 5.92 Å². The molecule has 15 heavy (non-hydrogen) atoms. The number of benzene rings is 1. The molecule has 0 saturated carbocycles. The molecule has 0 aromatic heterocycles. The number of anilines is 1. The van der Waals surface area contributed by atoms with Crippen molar-refractivity contribution in [1.82, 2.24) is 0 Å². The van der Waals surface area contributed by atoms with Crippen LogP contribution in [0.2, 0.25) is 0 Å². The molecule has 0 spiro atoms. The normalized spacial score (nSPS) is 9.80. The molecule has 0 saturated heterocycles. The Morgan fingerprint density at radius 2 is 2.13 bits per heavy atom. The molecule has 1 aromatic carbocycles. The van der Waals surface area contributed by atoms with Gasteiger partial charge in [0, 0.05) is 11.6 Å². The molecular formula is C12H14N2O. The average molecular weight is 202 g/mol. The van der Waals surface area contributed by atoms with Gasteiger partial charge in [-0.2, -0.15) is 5.26 Å². The topological polar surface area (TPSA) is 52.9 Å². The highest BCUT2D eigenvalue weighted by atomic mass is 16.1. The molecule has 1 N–H and O–H groups in total. The van der Waals surface area contributed by atoms with E-state index in [4.69, 9.17) is 5.26 Å². The van der Waals surface area contributed by atoms with Crippen LogP contribution in [0.5, 0.6) is 0 Å². The van der Waals surface area contributed by atoms with Gasteiger partial charge in [-0.15, -0.1) is 0 Å². The lowest BCUT2D eigenvalue weighted by Gasteiger charge is -2.10. The number of nitriles is 1. The summed E-state index contributed by atoms with van der Waals surface area (Å²) in [6.45, 7) is 5.56. The fourth-order valence-electron chi connectivity index (χ4n) is 1.10. The van der Waals surface area contributed by atoms with Crippen LogP contribution in [0.3, 0.4) is 0 Å². The largest absolute Gasteiger partial charge is 0.326 e. The van der Waals surface area contributed by atoms with Gasteiger partial charge in [0.1, 0.15) is 0 Å². The minimum Gasteiger partial charge on any atom is -0.326 e. The molecule has 1 aromatic rings. The van der Waals surface area contributed by atoms with E-state index in [1.165, 1.54) is 0 Å². The Bertz CT molecular complexity index is 416. The van der Waals surface area contributed by atoms with Crippen molar-refractivity contribution >= 4 is 11.6 Å². The number of rotatable bonds is 2. The van der Waals surface area contributed by atoms with E-state index in [0.717, 1.165) is 5.56 Å². The van der Waals surface area contributed by atoms with E-state index >= 15 is 0 Å². The van der Waals surface area contributed by atoms with Crippen LogP contribution >= 0.6 is 0 Å². The molecular weight excluding hydrogens is 188 g/mol. The first-order valence-corrected chi connectivity index (χ1v) is 4.86. The third kappa shape index (κ3) is 2.81. The van der Waals surface area contributed by atoms with E-state index in [1.54, 1.807) is 12.1 Å². The fourth-order valence-corrected chi connectivity index (χ4v) is 1.10. The number of nitrogens with one attached hydrogen (secondary N) is 1. The molecule has 0 unspecified atom stereocenters. The summed E-state index contributed by atoms with van der Waals surface area (Å²) in [7, 11) is 0. The molecule has 0 aliphatic heterocycles. The predicted octanol–water partition coefficient (Wildman–Crippen LogP) is 2.46. The van der Waals surface area contributed by atoms with E-state index in [-0.39, 0.29) is 11.8 Å². The Balaban J connectivity index is 2.94. The second-order valence-corrected chi connectivity index (χ2v) is 3.79. The zero-order valence-electron chi connectivity index (χ0n) is 9.16. The molecule has 0 atom stereocenters. The van der Waals surface area contributed by atoms with Crippen molar-refractivity contribution in [2.45, 2.75) is 20.8 Å². The maximum Gasteiger partial charge on any atom is 0.226 e. The molecule has 3 heteroatoms. The minimum absolute atomic E-state index is 0.0341. The summed E-state index contributed by atoms with van der Waals surface area (Å²) in [5, 5.41) is 11.5. The van der Waals surface area contributed by atoms with Crippen molar-refractivity contribution < 1.29 is 4.79 Å². The monoisotopic (exact) mass is 202 g/mol. The van der Waals surface area contributed by atoms with Gasteiger partial charge >= 0.3 is 0 Å². The maximum atomic E-state index is 11.5. The second kappa shape index (κ2) is 4.61. The number of amides is 1. The number of nitrogens with zero attached hydrogens (tertiary/aromatic N) is 1. The highest BCUT2D eigenvalue weighted by molar-refractivity contribution is 5.92. The zero-order valence-corrected chi connectivity index (χ0v) is 9.16. The Kier molecular flexibility index (Phi) is 3.46. The highest BCUT2D eigenvalue weighted by Gasteiger charge is 2.08. The van der Waals surface area contributed by atoms with Crippen LogP contribution in [-0.4, -0.2) is 5.91 Å². The molecule has 0 radical (unpaired) electrons. The van der Waals surface area contributed by atoms with Gasteiger partial charge in [-0.3, -0.25) is 4.79 Å². The number of hydrogen-bond acceptors (Lipinski definition) is 2. The van der Waals surface area contributed by atoms with Gasteiger partial charge in [0.25, 0.3) is 0 Å². The summed E-state index contributed by atoms with van der Waals surface area (Å²) in [6.07, 6.45) is 0. The van der Waals surface area contributed by atoms with E-state index in [0.29, 0.717) is 11.3 Å². The van der Waals surface area contributed by atoms with Gasteiger partial charge in [-0.05, 0) is 24.6 Å². The minimum atomic E-state index is -0.0601. The van der Waals surface area contributed by atoms with Gasteiger partial charge in [0.15, 0.2) is 0 Å². The van der Waals surface area contributed by atoms with Crippen LogP contribution in [0, 0.1) is 24.2 Å². The Morgan fingerprint density at radius 3 is 2.67 bits per heavy atom. The van der Waals surface area contributed by atoms with Crippen molar-refractivity contribution in [3.8, 4) is 6.07 Å². The third-order valence-corrected chi connectivity index (χ3v) is 2.15. The quantitative estimate of drug-likeness (QED) is 0.800. The molecule has 1 amide bonds. The van der Waals surface area contributed by atoms with Crippen molar-refractivity contribution in [1.29, 1.82) is 5.26 Å². The van der Waals surface area contributed by atoms with Gasteiger partial charge in [0.2, 0.25) is 5.91 Å². The summed E-state index contributed by atoms with van der Waals surface area (Å²) < 4.78 is 0. The molecule has 0 bridgehead atoms. The predicted molar refractivity (Wildman–Crippen MR) is 59.4 cm³/mol. The lowest BCUT2D eigenvalue weighted by atomic mass is 10.1. The van der Waals surface area contributed by atoms with Crippen LogP contribution in [0.15, 0.2) is 18.2 Å². The van der Waals surface area contributed by atoms with Gasteiger partial charge in [-0.25, -0.2) is 0 Å². The van der Waals surface area contributed by atoms with Crippen LogP contribution in [-0.2, 0) is 4.79 Å². The number of carbonyl (C=O) groups excluding carboxylic acids is 1. The second-order valence-electron chi connectivity index (χ2n) is 3.79. The molecule has 78 valence electrons. The van der Waals surface area contributed by atoms with E-state index in [2.05, 4.69) is 5.32 Å². The molecule has 0 aliphatic carbocycles. The summed E-state index contributed by atoms with van der Waals surface area (Å²) in [4.78, 5) is 11.5. The van der Waals surface area contributed by atoms with Crippen molar-refractivity contribution in [3.63, 3.8) is 0 Å². The molecule has 0 heterocycles. The van der Waals surface area contributed by atoms with Gasteiger partial charge in [-0.1, -0.05) is 19.9 Å². The Hall–Kier alpha value is -1.82. The summed E-state index contributed by atoms with van der Waals surface area (Å²) >= 11 is 0. The van der Waals surface area contributed by atoms with Crippen LogP contribution < -0.4 is 5.32 Å². The Morgan fingerprint density at radius 1 is 1.47 bits per heavy atom. The average Bonchev–Trinajstić information content (AvgIpc) is 2.21. The number of aryl methyl sites for hydroxylation is 1. The first-order chi connectivity index (χ1) is 7.04. The number of hydrogen-bond donors (Lipinski definition) is 1. The SMILES string of the molecule is Cc1ccc(C#N)cc1NC(=O)C(C)C. The van der Waals surface area contributed by atoms with Crippen molar-refractivity contribution in [2.75, 3.05) is 5.32 Å². The van der Waals surface area contributed by atoms with Crippen molar-refractivity contribution in [3.05, 3.63) is 29.3 Å². The molecule has 0 aliphatic rings. The lowest BCUT2D eigenvalue weighted by molar-refractivity contribution is -0.118. The van der Waals surface area contributed by atoms with Crippen LogP contribution in [0.25, 0.3) is 0 Å². The van der Waals surface area contributed by atoms with E-state index < -0.39 is 0 Å². The number of carbonyl (C=O) groups is 1. The van der Waals surface area contributed by atoms with E-state index in [1.807, 2.05) is 32.9 Å². The van der Waals surface area contributed by atoms with Gasteiger partial charge < -0.3 is 5.32 Å². The maximum absolute atomic E-state index is 11.5. The first-order valence-electron chi connectivity index (χ1n) is 4.86. The summed E-state index contributed by atoms with van der Waals surface area (Å²) in [5.74, 6) is -0.0941. The smallest absolute Gasteiger partial charge is 0.226 e. The van der Waals surface area contributed by atoms with E-state index in [9.17, 15) is 4.79 Å². The van der Waals surface area contributed by atoms with Crippen LogP contribution in [0.4, 0.5) is 5.69 Å². The molecule has 1 rings (SSSR count). The van der Waals surface area contributed by atoms with Crippen LogP contribution in [0.1, 0.15) is 25.0 Å². The zero-order chi connectivity index (χ0) is 11.4. The third-order valence-electron chi connectivity index (χ3n) is 2.15. The van der Waals surface area contributed by atoms with Gasteiger partial charge in [0.05, 0.1) is 11.6 Å².